The summed E-state index contributed by atoms with van der Waals surface area (Å²) in [5.41, 5.74) is 3.87. The molecular weight excluding hydrogens is 609 g/mol. The van der Waals surface area contributed by atoms with Gasteiger partial charge in [-0.25, -0.2) is 14.5 Å². The molecule has 0 fully saturated rings. The van der Waals surface area contributed by atoms with Crippen LogP contribution >= 0.6 is 23.5 Å². The third kappa shape index (κ3) is 8.92. The van der Waals surface area contributed by atoms with E-state index in [2.05, 4.69) is 15.1 Å². The molecule has 0 bridgehead atoms. The van der Waals surface area contributed by atoms with Crippen LogP contribution in [0.1, 0.15) is 29.3 Å². The van der Waals surface area contributed by atoms with Crippen molar-refractivity contribution in [1.82, 2.24) is 19.6 Å². The third-order valence-corrected chi connectivity index (χ3v) is 8.32. The number of thioether (sulfide) groups is 2. The van der Waals surface area contributed by atoms with Crippen LogP contribution in [0.25, 0.3) is 5.65 Å². The quantitative estimate of drug-likeness (QED) is 0.0937. The van der Waals surface area contributed by atoms with E-state index in [-0.39, 0.29) is 19.8 Å². The normalized spacial score (nSPS) is 14.3. The van der Waals surface area contributed by atoms with E-state index in [1.807, 2.05) is 110 Å². The van der Waals surface area contributed by atoms with Crippen molar-refractivity contribution in [3.63, 3.8) is 0 Å². The lowest BCUT2D eigenvalue weighted by Crippen LogP contribution is -2.45. The molecule has 236 valence electrons. The van der Waals surface area contributed by atoms with Crippen molar-refractivity contribution in [3.8, 4) is 0 Å². The molecule has 1 unspecified atom stereocenters. The number of ether oxygens (including phenoxy) is 4. The van der Waals surface area contributed by atoms with Crippen molar-refractivity contribution < 1.29 is 24.1 Å². The van der Waals surface area contributed by atoms with E-state index in [4.69, 9.17) is 18.9 Å². The number of rotatable bonds is 17. The zero-order chi connectivity index (χ0) is 31.5. The minimum atomic E-state index is -1.96. The van der Waals surface area contributed by atoms with Crippen molar-refractivity contribution in [2.45, 2.75) is 54.9 Å². The van der Waals surface area contributed by atoms with Crippen molar-refractivity contribution in [2.75, 3.05) is 25.7 Å². The van der Waals surface area contributed by atoms with Crippen LogP contribution in [0.3, 0.4) is 0 Å². The Bertz CT molecular complexity index is 1610. The summed E-state index contributed by atoms with van der Waals surface area (Å²) in [6.45, 7) is 2.92. The number of fused-ring (bicyclic) bond motifs is 1. The van der Waals surface area contributed by atoms with Gasteiger partial charge in [-0.05, 0) is 36.1 Å². The monoisotopic (exact) mass is 646 g/mol. The van der Waals surface area contributed by atoms with E-state index in [1.54, 1.807) is 10.7 Å². The fourth-order valence-electron chi connectivity index (χ4n) is 4.67. The molecule has 1 N–H and O–H groups in total. The molecule has 0 aliphatic rings. The first-order valence-electron chi connectivity index (χ1n) is 14.6. The van der Waals surface area contributed by atoms with Crippen LogP contribution in [0.2, 0.25) is 0 Å². The van der Waals surface area contributed by atoms with Gasteiger partial charge >= 0.3 is 0 Å². The standard InChI is InChI=1S/C34H38N4O5S2/c1-25(42-22-28-17-11-6-12-18-28)29(23-40-20-26-13-7-4-8-14-26)43-34(39,24-41-21-27-15-9-5-10-16-27)30-19-35-31-32(44-2)36-33(45-3)37-38(30)31/h4-19,25,29,39H,20-24H2,1-3H3/t25-,29+,34?/m0/s1. The maximum absolute atomic E-state index is 12.4. The molecular formula is C34H38N4O5S2. The largest absolute Gasteiger partial charge is 0.374 e. The van der Waals surface area contributed by atoms with Crippen LogP contribution < -0.4 is 0 Å². The summed E-state index contributed by atoms with van der Waals surface area (Å²) in [6, 6.07) is 29.6. The highest BCUT2D eigenvalue weighted by atomic mass is 32.2. The highest BCUT2D eigenvalue weighted by Gasteiger charge is 2.40. The van der Waals surface area contributed by atoms with Crippen molar-refractivity contribution >= 4 is 29.2 Å². The van der Waals surface area contributed by atoms with Gasteiger partial charge in [0.2, 0.25) is 10.9 Å². The summed E-state index contributed by atoms with van der Waals surface area (Å²) in [6.07, 6.45) is 4.25. The van der Waals surface area contributed by atoms with Crippen LogP contribution in [-0.2, 0) is 44.6 Å². The Labute approximate surface area is 272 Å². The van der Waals surface area contributed by atoms with Crippen molar-refractivity contribution in [3.05, 3.63) is 120 Å². The molecule has 45 heavy (non-hydrogen) atoms. The molecule has 0 saturated carbocycles. The highest BCUT2D eigenvalue weighted by molar-refractivity contribution is 7.99. The van der Waals surface area contributed by atoms with Crippen LogP contribution in [0, 0.1) is 0 Å². The van der Waals surface area contributed by atoms with Crippen molar-refractivity contribution in [1.29, 1.82) is 0 Å². The summed E-state index contributed by atoms with van der Waals surface area (Å²) in [7, 11) is 0. The molecule has 0 aliphatic heterocycles. The van der Waals surface area contributed by atoms with Gasteiger partial charge in [0.15, 0.2) is 5.65 Å². The van der Waals surface area contributed by atoms with E-state index in [0.717, 1.165) is 16.7 Å². The number of nitrogens with zero attached hydrogens (tertiary/aromatic N) is 4. The molecule has 0 saturated heterocycles. The number of imidazole rings is 1. The molecule has 0 amide bonds. The Morgan fingerprint density at radius 1 is 0.800 bits per heavy atom. The van der Waals surface area contributed by atoms with Gasteiger partial charge in [-0.2, -0.15) is 0 Å². The lowest BCUT2D eigenvalue weighted by molar-refractivity contribution is -0.290. The fourth-order valence-corrected chi connectivity index (χ4v) is 5.57. The average Bonchev–Trinajstić information content (AvgIpc) is 3.53. The Balaban J connectivity index is 1.44. The Morgan fingerprint density at radius 3 is 1.96 bits per heavy atom. The Kier molecular flexibility index (Phi) is 12.0. The van der Waals surface area contributed by atoms with Gasteiger partial charge in [-0.15, -0.1) is 16.9 Å². The van der Waals surface area contributed by atoms with Gasteiger partial charge in [0.05, 0.1) is 38.7 Å². The first-order valence-corrected chi connectivity index (χ1v) is 17.1. The van der Waals surface area contributed by atoms with E-state index < -0.39 is 18.0 Å². The highest BCUT2D eigenvalue weighted by Crippen LogP contribution is 2.31. The first-order chi connectivity index (χ1) is 22.0. The second-order valence-corrected chi connectivity index (χ2v) is 12.0. The summed E-state index contributed by atoms with van der Waals surface area (Å²) < 4.78 is 26.7. The molecule has 5 aromatic rings. The Morgan fingerprint density at radius 2 is 1.38 bits per heavy atom. The predicted octanol–water partition coefficient (Wildman–Crippen LogP) is 6.14. The fraction of sp³-hybridized carbons (Fsp3) is 0.324. The zero-order valence-electron chi connectivity index (χ0n) is 25.6. The number of hydrogen-bond acceptors (Lipinski definition) is 10. The Hall–Kier alpha value is -3.29. The molecule has 0 spiro atoms. The molecule has 0 aliphatic carbocycles. The SMILES string of the molecule is CSc1nc(SC)c2ncc(C(O)(COCc3ccccc3)O[C@H](COCc3ccccc3)[C@H](C)OCc3ccccc3)n2n1. The number of aromatic nitrogens is 4. The van der Waals surface area contributed by atoms with Crippen LogP contribution in [0.15, 0.2) is 107 Å². The molecule has 0 radical (unpaired) electrons. The molecule has 11 heteroatoms. The van der Waals surface area contributed by atoms with E-state index in [1.165, 1.54) is 23.5 Å². The van der Waals surface area contributed by atoms with Gasteiger partial charge in [0, 0.05) is 0 Å². The zero-order valence-corrected chi connectivity index (χ0v) is 27.2. The molecule has 9 nitrogen and oxygen atoms in total. The second kappa shape index (κ2) is 16.3. The van der Waals surface area contributed by atoms with E-state index in [0.29, 0.717) is 34.7 Å². The van der Waals surface area contributed by atoms with Gasteiger partial charge in [0.25, 0.3) is 0 Å². The summed E-state index contributed by atoms with van der Waals surface area (Å²) in [5, 5.41) is 18.3. The maximum atomic E-state index is 12.4. The number of benzene rings is 3. The second-order valence-electron chi connectivity index (χ2n) is 10.4. The minimum Gasteiger partial charge on any atom is -0.374 e. The molecule has 2 aromatic heterocycles. The predicted molar refractivity (Wildman–Crippen MR) is 176 cm³/mol. The first kappa shape index (κ1) is 33.1. The maximum Gasteiger partial charge on any atom is 0.236 e. The summed E-state index contributed by atoms with van der Waals surface area (Å²) in [5.74, 6) is -1.96. The average molecular weight is 647 g/mol. The molecule has 3 atom stereocenters. The van der Waals surface area contributed by atoms with Gasteiger partial charge in [-0.3, -0.25) is 0 Å². The van der Waals surface area contributed by atoms with Gasteiger partial charge in [-0.1, -0.05) is 103 Å². The lowest BCUT2D eigenvalue weighted by Gasteiger charge is -2.34. The number of hydrogen-bond donors (Lipinski definition) is 1. The summed E-state index contributed by atoms with van der Waals surface area (Å²) in [4.78, 5) is 9.16. The van der Waals surface area contributed by atoms with Gasteiger partial charge < -0.3 is 24.1 Å². The lowest BCUT2D eigenvalue weighted by atomic mass is 10.1. The molecule has 5 rings (SSSR count). The number of aliphatic hydroxyl groups is 1. The third-order valence-electron chi connectivity index (χ3n) is 7.12. The summed E-state index contributed by atoms with van der Waals surface area (Å²) >= 11 is 2.86. The minimum absolute atomic E-state index is 0.156. The van der Waals surface area contributed by atoms with Crippen LogP contribution in [-0.4, -0.2) is 62.6 Å². The van der Waals surface area contributed by atoms with E-state index >= 15 is 0 Å². The van der Waals surface area contributed by atoms with Crippen molar-refractivity contribution in [2.24, 2.45) is 0 Å². The van der Waals surface area contributed by atoms with Crippen LogP contribution in [0.4, 0.5) is 0 Å². The smallest absolute Gasteiger partial charge is 0.236 e. The van der Waals surface area contributed by atoms with Crippen LogP contribution in [0.5, 0.6) is 0 Å². The molecule has 3 aromatic carbocycles. The van der Waals surface area contributed by atoms with E-state index in [9.17, 15) is 5.11 Å². The molecule has 2 heterocycles. The topological polar surface area (TPSA) is 100 Å². The van der Waals surface area contributed by atoms with Gasteiger partial charge in [0.1, 0.15) is 23.4 Å².